The van der Waals surface area contributed by atoms with Gasteiger partial charge in [0.25, 0.3) is 5.91 Å². The number of amides is 1. The number of benzene rings is 1. The molecule has 32 heavy (non-hydrogen) atoms. The van der Waals surface area contributed by atoms with Gasteiger partial charge in [-0.2, -0.15) is 26.3 Å². The van der Waals surface area contributed by atoms with Crippen LogP contribution in [0.4, 0.5) is 39.5 Å². The van der Waals surface area contributed by atoms with Crippen molar-refractivity contribution in [3.05, 3.63) is 53.1 Å². The minimum absolute atomic E-state index is 0.373. The summed E-state index contributed by atoms with van der Waals surface area (Å²) in [6, 6.07) is 1.50. The van der Waals surface area contributed by atoms with Gasteiger partial charge >= 0.3 is 12.4 Å². The smallest absolute Gasteiger partial charge is 0.364 e. The number of carbonyl (C=O) groups excluding carboxylic acids is 1. The fourth-order valence-corrected chi connectivity index (χ4v) is 4.50. The largest absolute Gasteiger partial charge is 0.401 e. The molecule has 2 N–H and O–H groups in total. The molecule has 0 aliphatic rings. The monoisotopic (exact) mass is 494 g/mol. The third-order valence-electron chi connectivity index (χ3n) is 4.18. The number of halogens is 9. The van der Waals surface area contributed by atoms with Gasteiger partial charge in [0.15, 0.2) is 27.4 Å². The second-order valence-electron chi connectivity index (χ2n) is 6.46. The lowest BCUT2D eigenvalue weighted by atomic mass is 9.98. The number of carbonyl (C=O) groups is 1. The van der Waals surface area contributed by atoms with Crippen LogP contribution in [0, 0.1) is 23.4 Å². The molecule has 2 rings (SSSR count). The highest BCUT2D eigenvalue weighted by Gasteiger charge is 2.58. The number of hydrogen-bond donors (Lipinski definition) is 1. The zero-order chi connectivity index (χ0) is 24.6. The highest BCUT2D eigenvalue weighted by Crippen LogP contribution is 2.41. The molecule has 1 heterocycles. The summed E-state index contributed by atoms with van der Waals surface area (Å²) in [7, 11) is -5.35. The SMILES string of the molecule is NC(=O)c1nccc(-c2c(F)ccc(F)c2F)c1CS(=O)(=O)CC(C(F)(F)F)C(F)(F)F. The van der Waals surface area contributed by atoms with Gasteiger partial charge in [-0.15, -0.1) is 0 Å². The molecule has 1 aromatic heterocycles. The normalized spacial score (nSPS) is 12.9. The van der Waals surface area contributed by atoms with Gasteiger partial charge < -0.3 is 5.73 Å². The average molecular weight is 494 g/mol. The summed E-state index contributed by atoms with van der Waals surface area (Å²) < 4.78 is 143. The number of nitrogens with zero attached hydrogens (tertiary/aromatic N) is 1. The maximum atomic E-state index is 14.2. The first-order valence-corrected chi connectivity index (χ1v) is 10.0. The predicted octanol–water partition coefficient (Wildman–Crippen LogP) is 3.92. The van der Waals surface area contributed by atoms with Crippen LogP contribution >= 0.6 is 0 Å². The third-order valence-corrected chi connectivity index (χ3v) is 5.75. The van der Waals surface area contributed by atoms with E-state index in [9.17, 15) is 52.7 Å². The number of nitrogens with two attached hydrogens (primary N) is 1. The first-order chi connectivity index (χ1) is 14.5. The molecule has 0 aliphatic carbocycles. The van der Waals surface area contributed by atoms with Gasteiger partial charge in [-0.1, -0.05) is 0 Å². The first kappa shape index (κ1) is 25.4. The molecule has 0 saturated carbocycles. The fraction of sp³-hybridized carbons (Fsp3) is 0.294. The number of rotatable bonds is 6. The summed E-state index contributed by atoms with van der Waals surface area (Å²) >= 11 is 0. The second-order valence-corrected chi connectivity index (χ2v) is 8.57. The Hall–Kier alpha value is -2.84. The van der Waals surface area contributed by atoms with Crippen molar-refractivity contribution in [2.45, 2.75) is 18.1 Å². The Morgan fingerprint density at radius 3 is 2.00 bits per heavy atom. The summed E-state index contributed by atoms with van der Waals surface area (Å²) in [6.07, 6.45) is -11.3. The molecular weight excluding hydrogens is 483 g/mol. The molecule has 0 radical (unpaired) electrons. The number of hydrogen-bond acceptors (Lipinski definition) is 4. The molecule has 0 unspecified atom stereocenters. The molecule has 0 saturated heterocycles. The molecule has 0 atom stereocenters. The van der Waals surface area contributed by atoms with Crippen LogP contribution in [0.2, 0.25) is 0 Å². The van der Waals surface area contributed by atoms with Crippen LogP contribution in [0.5, 0.6) is 0 Å². The standard InChI is InChI=1S/C17H11F9N2O3S/c18-9-1-2-10(19)13(20)12(9)7-3-4-28-14(15(27)29)8(7)5-32(30,31)6-11(16(21,22)23)17(24,25)26/h1-4,11H,5-6H2,(H2,27,29). The van der Waals surface area contributed by atoms with Crippen molar-refractivity contribution in [2.24, 2.45) is 11.7 Å². The van der Waals surface area contributed by atoms with E-state index in [2.05, 4.69) is 4.98 Å². The summed E-state index contributed by atoms with van der Waals surface area (Å²) in [6.45, 7) is 0. The van der Waals surface area contributed by atoms with Crippen LogP contribution in [-0.2, 0) is 15.6 Å². The lowest BCUT2D eigenvalue weighted by Gasteiger charge is -2.23. The van der Waals surface area contributed by atoms with Gasteiger partial charge in [-0.05, 0) is 23.8 Å². The van der Waals surface area contributed by atoms with Gasteiger partial charge in [0.2, 0.25) is 0 Å². The third kappa shape index (κ3) is 5.49. The van der Waals surface area contributed by atoms with E-state index >= 15 is 0 Å². The van der Waals surface area contributed by atoms with E-state index in [1.165, 1.54) is 0 Å². The molecular formula is C17H11F9N2O3S. The van der Waals surface area contributed by atoms with Crippen molar-refractivity contribution in [3.63, 3.8) is 0 Å². The summed E-state index contributed by atoms with van der Waals surface area (Å²) in [5.74, 6) is -14.9. The fourth-order valence-electron chi connectivity index (χ4n) is 2.77. The van der Waals surface area contributed by atoms with Crippen molar-refractivity contribution < 1.29 is 52.7 Å². The molecule has 5 nitrogen and oxygen atoms in total. The highest BCUT2D eigenvalue weighted by atomic mass is 32.2. The number of sulfone groups is 1. The molecule has 1 amide bonds. The summed E-state index contributed by atoms with van der Waals surface area (Å²) in [5.41, 5.74) is 0.955. The Labute approximate surface area is 174 Å². The van der Waals surface area contributed by atoms with Gasteiger partial charge in [0, 0.05) is 11.8 Å². The minimum atomic E-state index is -5.99. The maximum absolute atomic E-state index is 14.2. The molecule has 0 spiro atoms. The van der Waals surface area contributed by atoms with Crippen molar-refractivity contribution in [2.75, 3.05) is 5.75 Å². The van der Waals surface area contributed by atoms with E-state index in [1.54, 1.807) is 0 Å². The van der Waals surface area contributed by atoms with Crippen LogP contribution in [0.1, 0.15) is 16.1 Å². The predicted molar refractivity (Wildman–Crippen MR) is 91.2 cm³/mol. The van der Waals surface area contributed by atoms with Gasteiger partial charge in [0.1, 0.15) is 11.5 Å². The molecule has 176 valence electrons. The van der Waals surface area contributed by atoms with E-state index in [4.69, 9.17) is 5.73 Å². The van der Waals surface area contributed by atoms with Crippen LogP contribution < -0.4 is 5.73 Å². The van der Waals surface area contributed by atoms with Crippen molar-refractivity contribution >= 4 is 15.7 Å². The number of aromatic nitrogens is 1. The molecule has 0 bridgehead atoms. The Kier molecular flexibility index (Phi) is 6.83. The summed E-state index contributed by atoms with van der Waals surface area (Å²) in [4.78, 5) is 15.0. The number of pyridine rings is 1. The first-order valence-electron chi connectivity index (χ1n) is 8.21. The Balaban J connectivity index is 2.68. The Bertz CT molecular complexity index is 1130. The van der Waals surface area contributed by atoms with Gasteiger partial charge in [-0.3, -0.25) is 9.78 Å². The van der Waals surface area contributed by atoms with E-state index in [0.717, 1.165) is 0 Å². The molecule has 1 aromatic carbocycles. The van der Waals surface area contributed by atoms with Crippen molar-refractivity contribution in [3.8, 4) is 11.1 Å². The molecule has 2 aromatic rings. The Morgan fingerprint density at radius 1 is 0.969 bits per heavy atom. The lowest BCUT2D eigenvalue weighted by Crippen LogP contribution is -2.41. The van der Waals surface area contributed by atoms with Gasteiger partial charge in [0.05, 0.1) is 17.1 Å². The second kappa shape index (κ2) is 8.60. The van der Waals surface area contributed by atoms with Crippen molar-refractivity contribution in [1.82, 2.24) is 4.98 Å². The average Bonchev–Trinajstić information content (AvgIpc) is 2.62. The lowest BCUT2D eigenvalue weighted by molar-refractivity contribution is -0.276. The summed E-state index contributed by atoms with van der Waals surface area (Å²) in [5, 5.41) is 0. The zero-order valence-electron chi connectivity index (χ0n) is 15.4. The maximum Gasteiger partial charge on any atom is 0.401 e. The highest BCUT2D eigenvalue weighted by molar-refractivity contribution is 7.90. The number of primary amides is 1. The van der Waals surface area contributed by atoms with Crippen LogP contribution in [-0.4, -0.2) is 37.4 Å². The number of alkyl halides is 6. The van der Waals surface area contributed by atoms with E-state index < -0.39 is 85.4 Å². The van der Waals surface area contributed by atoms with E-state index in [0.29, 0.717) is 24.4 Å². The van der Waals surface area contributed by atoms with Crippen LogP contribution in [0.3, 0.4) is 0 Å². The van der Waals surface area contributed by atoms with Crippen LogP contribution in [0.25, 0.3) is 11.1 Å². The van der Waals surface area contributed by atoms with Crippen LogP contribution in [0.15, 0.2) is 24.4 Å². The molecule has 15 heteroatoms. The molecule has 0 fully saturated rings. The topological polar surface area (TPSA) is 90.1 Å². The minimum Gasteiger partial charge on any atom is -0.364 e. The quantitative estimate of drug-likeness (QED) is 0.487. The van der Waals surface area contributed by atoms with Crippen molar-refractivity contribution in [1.29, 1.82) is 0 Å². The van der Waals surface area contributed by atoms with E-state index in [-0.39, 0.29) is 0 Å². The van der Waals surface area contributed by atoms with Gasteiger partial charge in [-0.25, -0.2) is 21.6 Å². The zero-order valence-corrected chi connectivity index (χ0v) is 16.2. The van der Waals surface area contributed by atoms with E-state index in [1.807, 2.05) is 0 Å². The molecule has 0 aliphatic heterocycles. The Morgan fingerprint density at radius 2 is 1.50 bits per heavy atom.